The number of urea groups is 1. The minimum absolute atomic E-state index is 0.160. The van der Waals surface area contributed by atoms with Crippen molar-refractivity contribution >= 4 is 29.8 Å². The zero-order chi connectivity index (χ0) is 25.2. The van der Waals surface area contributed by atoms with E-state index < -0.39 is 17.7 Å². The number of anilines is 1. The zero-order valence-electron chi connectivity index (χ0n) is 19.4. The Bertz CT molecular complexity index is 1300. The van der Waals surface area contributed by atoms with E-state index in [1.807, 2.05) is 66.7 Å². The second-order valence-electron chi connectivity index (χ2n) is 8.99. The number of carbonyl (C=O) groups is 2. The van der Waals surface area contributed by atoms with E-state index in [2.05, 4.69) is 5.32 Å². The van der Waals surface area contributed by atoms with Crippen LogP contribution in [0.4, 0.5) is 19.3 Å². The molecule has 2 saturated heterocycles. The van der Waals surface area contributed by atoms with Gasteiger partial charge in [0.1, 0.15) is 18.2 Å². The van der Waals surface area contributed by atoms with Gasteiger partial charge in [0.2, 0.25) is 5.91 Å². The number of rotatable bonds is 5. The minimum Gasteiger partial charge on any atom is -0.394 e. The SMILES string of the molecule is O=C(Nc1cc(F)ccc1F)N1CC(=O)N2[C@H](CO)[C@@H](c3ccc(/C=C/c4ccccc4)cc3)[C@H]2C1. The number of halogens is 2. The molecule has 0 radical (unpaired) electrons. The van der Waals surface area contributed by atoms with Gasteiger partial charge in [-0.1, -0.05) is 66.7 Å². The van der Waals surface area contributed by atoms with E-state index in [1.165, 1.54) is 4.90 Å². The van der Waals surface area contributed by atoms with Crippen molar-refractivity contribution in [3.8, 4) is 0 Å². The van der Waals surface area contributed by atoms with E-state index in [9.17, 15) is 23.5 Å². The predicted molar refractivity (Wildman–Crippen MR) is 133 cm³/mol. The third kappa shape index (κ3) is 4.59. The van der Waals surface area contributed by atoms with Crippen LogP contribution in [0.2, 0.25) is 0 Å². The Labute approximate surface area is 207 Å². The number of nitrogens with one attached hydrogen (secondary N) is 1. The lowest BCUT2D eigenvalue weighted by Gasteiger charge is -2.58. The highest BCUT2D eigenvalue weighted by Gasteiger charge is 2.54. The Morgan fingerprint density at radius 3 is 2.39 bits per heavy atom. The van der Waals surface area contributed by atoms with Gasteiger partial charge < -0.3 is 20.2 Å². The van der Waals surface area contributed by atoms with E-state index in [-0.39, 0.29) is 49.3 Å². The van der Waals surface area contributed by atoms with Gasteiger partial charge in [0.25, 0.3) is 0 Å². The monoisotopic (exact) mass is 489 g/mol. The average molecular weight is 490 g/mol. The van der Waals surface area contributed by atoms with Crippen LogP contribution in [0.5, 0.6) is 0 Å². The summed E-state index contributed by atoms with van der Waals surface area (Å²) in [5.41, 5.74) is 2.77. The summed E-state index contributed by atoms with van der Waals surface area (Å²) < 4.78 is 27.5. The van der Waals surface area contributed by atoms with Crippen molar-refractivity contribution in [3.63, 3.8) is 0 Å². The molecular weight excluding hydrogens is 464 g/mol. The molecule has 2 N–H and O–H groups in total. The fourth-order valence-corrected chi connectivity index (χ4v) is 5.03. The number of amides is 3. The lowest BCUT2D eigenvalue weighted by molar-refractivity contribution is -0.159. The maximum atomic E-state index is 14.0. The second-order valence-corrected chi connectivity index (χ2v) is 8.99. The number of hydrogen-bond acceptors (Lipinski definition) is 3. The number of aliphatic hydroxyl groups excluding tert-OH is 1. The Kier molecular flexibility index (Phi) is 6.52. The van der Waals surface area contributed by atoms with Crippen LogP contribution in [0.25, 0.3) is 12.2 Å². The number of carbonyl (C=O) groups excluding carboxylic acids is 2. The van der Waals surface area contributed by atoms with Crippen LogP contribution in [0.3, 0.4) is 0 Å². The van der Waals surface area contributed by atoms with Crippen molar-refractivity contribution in [1.82, 2.24) is 9.80 Å². The average Bonchev–Trinajstić information content (AvgIpc) is 2.87. The summed E-state index contributed by atoms with van der Waals surface area (Å²) in [7, 11) is 0. The topological polar surface area (TPSA) is 72.9 Å². The molecule has 0 bridgehead atoms. The molecule has 36 heavy (non-hydrogen) atoms. The molecule has 3 aromatic carbocycles. The van der Waals surface area contributed by atoms with E-state index >= 15 is 0 Å². The van der Waals surface area contributed by atoms with Crippen LogP contribution in [0.1, 0.15) is 22.6 Å². The lowest BCUT2D eigenvalue weighted by Crippen LogP contribution is -2.73. The fourth-order valence-electron chi connectivity index (χ4n) is 5.03. The molecule has 3 aromatic rings. The highest BCUT2D eigenvalue weighted by molar-refractivity contribution is 5.94. The molecule has 2 fully saturated rings. The molecule has 2 heterocycles. The zero-order valence-corrected chi connectivity index (χ0v) is 19.4. The maximum Gasteiger partial charge on any atom is 0.322 e. The van der Waals surface area contributed by atoms with Crippen molar-refractivity contribution in [2.45, 2.75) is 18.0 Å². The molecule has 5 rings (SSSR count). The van der Waals surface area contributed by atoms with Crippen molar-refractivity contribution in [1.29, 1.82) is 0 Å². The minimum atomic E-state index is -0.766. The van der Waals surface area contributed by atoms with Crippen molar-refractivity contribution in [3.05, 3.63) is 101 Å². The smallest absolute Gasteiger partial charge is 0.322 e. The van der Waals surface area contributed by atoms with Gasteiger partial charge in [-0.2, -0.15) is 0 Å². The molecule has 0 aromatic heterocycles. The molecule has 6 nitrogen and oxygen atoms in total. The van der Waals surface area contributed by atoms with Crippen LogP contribution in [-0.4, -0.2) is 58.6 Å². The molecule has 2 aliphatic heterocycles. The number of piperazine rings is 1. The summed E-state index contributed by atoms with van der Waals surface area (Å²) in [6.07, 6.45) is 4.03. The Balaban J connectivity index is 1.31. The first-order valence-corrected chi connectivity index (χ1v) is 11.7. The summed E-state index contributed by atoms with van der Waals surface area (Å²) in [5.74, 6) is -1.90. The Morgan fingerprint density at radius 2 is 1.69 bits per heavy atom. The van der Waals surface area contributed by atoms with Crippen LogP contribution in [-0.2, 0) is 4.79 Å². The van der Waals surface area contributed by atoms with Gasteiger partial charge in [-0.05, 0) is 28.8 Å². The molecule has 184 valence electrons. The van der Waals surface area contributed by atoms with Gasteiger partial charge in [0.05, 0.1) is 24.4 Å². The molecule has 8 heteroatoms. The summed E-state index contributed by atoms with van der Waals surface area (Å²) in [6, 6.07) is 19.3. The van der Waals surface area contributed by atoms with E-state index in [1.54, 1.807) is 4.90 Å². The van der Waals surface area contributed by atoms with Crippen molar-refractivity contribution in [2.75, 3.05) is 25.0 Å². The predicted octanol–water partition coefficient (Wildman–Crippen LogP) is 4.34. The standard InChI is InChI=1S/C28H25F2N3O3/c29-21-12-13-22(30)23(14-21)31-28(36)32-15-24-27(25(17-34)33(24)26(35)16-32)20-10-8-19(9-11-20)7-6-18-4-2-1-3-5-18/h1-14,24-25,27,34H,15-17H2,(H,31,36)/b7-6+/t24-,25-,27+/m1/s1. The van der Waals surface area contributed by atoms with E-state index in [4.69, 9.17) is 0 Å². The molecule has 0 aliphatic carbocycles. The first-order chi connectivity index (χ1) is 17.4. The van der Waals surface area contributed by atoms with Gasteiger partial charge >= 0.3 is 6.03 Å². The van der Waals surface area contributed by atoms with Gasteiger partial charge in [-0.15, -0.1) is 0 Å². The number of hydrogen-bond donors (Lipinski definition) is 2. The van der Waals surface area contributed by atoms with Crippen LogP contribution >= 0.6 is 0 Å². The third-order valence-electron chi connectivity index (χ3n) is 6.80. The lowest BCUT2D eigenvalue weighted by atomic mass is 9.73. The highest BCUT2D eigenvalue weighted by Crippen LogP contribution is 2.43. The van der Waals surface area contributed by atoms with Crippen LogP contribution < -0.4 is 5.32 Å². The molecule has 0 saturated carbocycles. The van der Waals surface area contributed by atoms with E-state index in [0.717, 1.165) is 34.9 Å². The largest absolute Gasteiger partial charge is 0.394 e. The first-order valence-electron chi connectivity index (χ1n) is 11.7. The van der Waals surface area contributed by atoms with Crippen molar-refractivity contribution in [2.24, 2.45) is 0 Å². The summed E-state index contributed by atoms with van der Waals surface area (Å²) >= 11 is 0. The molecule has 0 spiro atoms. The quantitative estimate of drug-likeness (QED) is 0.524. The molecular formula is C28H25F2N3O3. The summed E-state index contributed by atoms with van der Waals surface area (Å²) in [5, 5.41) is 12.4. The maximum absolute atomic E-state index is 14.0. The molecule has 2 aliphatic rings. The second kappa shape index (κ2) is 9.91. The number of benzene rings is 3. The van der Waals surface area contributed by atoms with Gasteiger partial charge in [-0.25, -0.2) is 13.6 Å². The number of nitrogens with zero attached hydrogens (tertiary/aromatic N) is 2. The fraction of sp³-hybridized carbons (Fsp3) is 0.214. The van der Waals surface area contributed by atoms with Gasteiger partial charge in [0.15, 0.2) is 0 Å². The van der Waals surface area contributed by atoms with Gasteiger partial charge in [0, 0.05) is 18.5 Å². The third-order valence-corrected chi connectivity index (χ3v) is 6.80. The summed E-state index contributed by atoms with van der Waals surface area (Å²) in [6.45, 7) is -0.180. The van der Waals surface area contributed by atoms with Gasteiger partial charge in [-0.3, -0.25) is 4.79 Å². The molecule has 0 unspecified atom stereocenters. The number of aliphatic hydroxyl groups is 1. The van der Waals surface area contributed by atoms with E-state index in [0.29, 0.717) is 0 Å². The summed E-state index contributed by atoms with van der Waals surface area (Å²) in [4.78, 5) is 28.5. The van der Waals surface area contributed by atoms with Crippen LogP contribution in [0, 0.1) is 11.6 Å². The van der Waals surface area contributed by atoms with Crippen LogP contribution in [0.15, 0.2) is 72.8 Å². The normalized spacial score (nSPS) is 21.3. The number of fused-ring (bicyclic) bond motifs is 1. The molecule has 3 amide bonds. The Morgan fingerprint density at radius 1 is 1.00 bits per heavy atom. The first kappa shape index (κ1) is 23.7. The molecule has 3 atom stereocenters. The Hall–Kier alpha value is -4.04. The van der Waals surface area contributed by atoms with Crippen molar-refractivity contribution < 1.29 is 23.5 Å². The highest BCUT2D eigenvalue weighted by atomic mass is 19.1.